The summed E-state index contributed by atoms with van der Waals surface area (Å²) in [6.45, 7) is 3.81. The van der Waals surface area contributed by atoms with Crippen molar-refractivity contribution < 1.29 is 9.18 Å². The summed E-state index contributed by atoms with van der Waals surface area (Å²) in [5.74, 6) is -0.275. The number of amides is 1. The lowest BCUT2D eigenvalue weighted by molar-refractivity contribution is -0.121. The van der Waals surface area contributed by atoms with Crippen LogP contribution in [0, 0.1) is 5.82 Å². The van der Waals surface area contributed by atoms with Gasteiger partial charge < -0.3 is 11.1 Å². The highest BCUT2D eigenvalue weighted by Gasteiger charge is 2.10. The van der Waals surface area contributed by atoms with Gasteiger partial charge in [-0.05, 0) is 60.3 Å². The molecule has 1 rings (SSSR count). The zero-order valence-electron chi connectivity index (χ0n) is 11.7. The fraction of sp³-hybridized carbons (Fsp3) is 0.500. The Morgan fingerprint density at radius 1 is 1.45 bits per heavy atom. The fourth-order valence-corrected chi connectivity index (χ4v) is 2.20. The molecule has 0 spiro atoms. The Morgan fingerprint density at radius 3 is 2.65 bits per heavy atom. The van der Waals surface area contributed by atoms with Gasteiger partial charge in [-0.3, -0.25) is 4.79 Å². The van der Waals surface area contributed by atoms with Gasteiger partial charge in [-0.25, -0.2) is 4.39 Å². The molecule has 20 heavy (non-hydrogen) atoms. The Hall–Kier alpha value is -0.650. The molecule has 0 bridgehead atoms. The first-order valence-electron chi connectivity index (χ1n) is 6.37. The third-order valence-electron chi connectivity index (χ3n) is 2.76. The van der Waals surface area contributed by atoms with Gasteiger partial charge in [-0.2, -0.15) is 0 Å². The Balaban J connectivity index is 0.00000361. The van der Waals surface area contributed by atoms with Crippen LogP contribution in [0.1, 0.15) is 32.3 Å². The average molecular weight is 368 g/mol. The predicted molar refractivity (Wildman–Crippen MR) is 85.5 cm³/mol. The standard InChI is InChI=1S/C14H20BrFN2O.ClH/c1-9(17)3-6-14(19)18-10(2)7-11-4-5-13(16)12(15)8-11;/h4-5,8-10H,3,6-7,17H2,1-2H3,(H,18,19);1H. The molecule has 6 heteroatoms. The van der Waals surface area contributed by atoms with E-state index in [9.17, 15) is 9.18 Å². The van der Waals surface area contributed by atoms with Crippen LogP contribution in [-0.4, -0.2) is 18.0 Å². The lowest BCUT2D eigenvalue weighted by Gasteiger charge is -2.15. The average Bonchev–Trinajstić information content (AvgIpc) is 2.31. The summed E-state index contributed by atoms with van der Waals surface area (Å²) < 4.78 is 13.5. The van der Waals surface area contributed by atoms with Crippen molar-refractivity contribution in [2.24, 2.45) is 5.73 Å². The largest absolute Gasteiger partial charge is 0.353 e. The first-order valence-corrected chi connectivity index (χ1v) is 7.16. The third-order valence-corrected chi connectivity index (χ3v) is 3.37. The van der Waals surface area contributed by atoms with Crippen molar-refractivity contribution in [1.29, 1.82) is 0 Å². The second-order valence-electron chi connectivity index (χ2n) is 4.94. The van der Waals surface area contributed by atoms with Crippen LogP contribution in [-0.2, 0) is 11.2 Å². The zero-order valence-corrected chi connectivity index (χ0v) is 14.1. The maximum atomic E-state index is 13.1. The van der Waals surface area contributed by atoms with E-state index in [-0.39, 0.29) is 36.2 Å². The number of hydrogen-bond donors (Lipinski definition) is 2. The molecule has 1 amide bonds. The van der Waals surface area contributed by atoms with E-state index in [4.69, 9.17) is 5.73 Å². The van der Waals surface area contributed by atoms with Gasteiger partial charge in [-0.1, -0.05) is 6.07 Å². The first-order chi connectivity index (χ1) is 8.88. The molecule has 0 aliphatic carbocycles. The van der Waals surface area contributed by atoms with Gasteiger partial charge in [0.05, 0.1) is 4.47 Å². The van der Waals surface area contributed by atoms with Crippen LogP contribution in [0.5, 0.6) is 0 Å². The van der Waals surface area contributed by atoms with Crippen LogP contribution < -0.4 is 11.1 Å². The molecule has 0 aromatic heterocycles. The Kier molecular flexibility index (Phi) is 9.01. The van der Waals surface area contributed by atoms with Crippen molar-refractivity contribution in [2.45, 2.75) is 45.2 Å². The summed E-state index contributed by atoms with van der Waals surface area (Å²) in [7, 11) is 0. The minimum Gasteiger partial charge on any atom is -0.353 e. The molecule has 0 fully saturated rings. The molecule has 1 aromatic rings. The summed E-state index contributed by atoms with van der Waals surface area (Å²) in [5, 5.41) is 2.91. The number of carbonyl (C=O) groups excluding carboxylic acids is 1. The molecule has 3 nitrogen and oxygen atoms in total. The van der Waals surface area contributed by atoms with E-state index in [2.05, 4.69) is 21.2 Å². The maximum absolute atomic E-state index is 13.1. The lowest BCUT2D eigenvalue weighted by atomic mass is 10.1. The smallest absolute Gasteiger partial charge is 0.220 e. The minimum atomic E-state index is -0.280. The van der Waals surface area contributed by atoms with Gasteiger partial charge in [0.1, 0.15) is 5.82 Å². The maximum Gasteiger partial charge on any atom is 0.220 e. The van der Waals surface area contributed by atoms with E-state index >= 15 is 0 Å². The van der Waals surface area contributed by atoms with Crippen molar-refractivity contribution in [2.75, 3.05) is 0 Å². The molecule has 0 aliphatic rings. The van der Waals surface area contributed by atoms with Crippen LogP contribution in [0.25, 0.3) is 0 Å². The molecule has 0 saturated heterocycles. The second-order valence-corrected chi connectivity index (χ2v) is 5.79. The highest BCUT2D eigenvalue weighted by molar-refractivity contribution is 9.10. The van der Waals surface area contributed by atoms with Crippen LogP contribution in [0.3, 0.4) is 0 Å². The van der Waals surface area contributed by atoms with E-state index in [0.717, 1.165) is 5.56 Å². The second kappa shape index (κ2) is 9.32. The molecule has 0 saturated carbocycles. The van der Waals surface area contributed by atoms with Crippen LogP contribution in [0.15, 0.2) is 22.7 Å². The first kappa shape index (κ1) is 19.4. The molecular weight excluding hydrogens is 347 g/mol. The monoisotopic (exact) mass is 366 g/mol. The number of hydrogen-bond acceptors (Lipinski definition) is 2. The van der Waals surface area contributed by atoms with Crippen LogP contribution in [0.4, 0.5) is 4.39 Å². The molecular formula is C14H21BrClFN2O. The van der Waals surface area contributed by atoms with Gasteiger partial charge in [0.15, 0.2) is 0 Å². The van der Waals surface area contributed by atoms with Gasteiger partial charge in [0, 0.05) is 18.5 Å². The third kappa shape index (κ3) is 7.22. The van der Waals surface area contributed by atoms with E-state index in [1.165, 1.54) is 6.07 Å². The van der Waals surface area contributed by atoms with Gasteiger partial charge >= 0.3 is 0 Å². The highest BCUT2D eigenvalue weighted by Crippen LogP contribution is 2.17. The number of rotatable bonds is 6. The lowest BCUT2D eigenvalue weighted by Crippen LogP contribution is -2.34. The fourth-order valence-electron chi connectivity index (χ4n) is 1.78. The quantitative estimate of drug-likeness (QED) is 0.811. The topological polar surface area (TPSA) is 55.1 Å². The van der Waals surface area contributed by atoms with Crippen molar-refractivity contribution in [3.8, 4) is 0 Å². The van der Waals surface area contributed by atoms with E-state index in [1.54, 1.807) is 12.1 Å². The van der Waals surface area contributed by atoms with E-state index in [0.29, 0.717) is 23.7 Å². The van der Waals surface area contributed by atoms with Crippen molar-refractivity contribution in [1.82, 2.24) is 5.32 Å². The molecule has 0 radical (unpaired) electrons. The minimum absolute atomic E-state index is 0. The molecule has 0 heterocycles. The van der Waals surface area contributed by atoms with Crippen LogP contribution >= 0.6 is 28.3 Å². The number of nitrogens with two attached hydrogens (primary N) is 1. The predicted octanol–water partition coefficient (Wildman–Crippen LogP) is 3.18. The van der Waals surface area contributed by atoms with E-state index in [1.807, 2.05) is 13.8 Å². The molecule has 114 valence electrons. The van der Waals surface area contributed by atoms with Gasteiger partial charge in [0.2, 0.25) is 5.91 Å². The number of nitrogens with one attached hydrogen (secondary N) is 1. The van der Waals surface area contributed by atoms with E-state index < -0.39 is 0 Å². The highest BCUT2D eigenvalue weighted by atomic mass is 79.9. The molecule has 1 aromatic carbocycles. The summed E-state index contributed by atoms with van der Waals surface area (Å²) in [6, 6.07) is 4.93. The van der Waals surface area contributed by atoms with Crippen molar-refractivity contribution >= 4 is 34.2 Å². The molecule has 2 unspecified atom stereocenters. The van der Waals surface area contributed by atoms with Gasteiger partial charge in [0.25, 0.3) is 0 Å². The molecule has 2 atom stereocenters. The Bertz CT molecular complexity index is 443. The van der Waals surface area contributed by atoms with Crippen LogP contribution in [0.2, 0.25) is 0 Å². The Morgan fingerprint density at radius 2 is 2.10 bits per heavy atom. The SMILES string of the molecule is CC(N)CCC(=O)NC(C)Cc1ccc(F)c(Br)c1.Cl. The van der Waals surface area contributed by atoms with Crippen molar-refractivity contribution in [3.63, 3.8) is 0 Å². The molecule has 0 aliphatic heterocycles. The summed E-state index contributed by atoms with van der Waals surface area (Å²) >= 11 is 3.15. The normalized spacial score (nSPS) is 13.2. The zero-order chi connectivity index (χ0) is 14.4. The molecule has 3 N–H and O–H groups in total. The Labute approximate surface area is 134 Å². The number of benzene rings is 1. The van der Waals surface area contributed by atoms with Gasteiger partial charge in [-0.15, -0.1) is 12.4 Å². The summed E-state index contributed by atoms with van der Waals surface area (Å²) in [4.78, 5) is 11.6. The van der Waals surface area contributed by atoms with Crippen molar-refractivity contribution in [3.05, 3.63) is 34.1 Å². The summed E-state index contributed by atoms with van der Waals surface area (Å²) in [5.41, 5.74) is 6.59. The number of halogens is 3. The summed E-state index contributed by atoms with van der Waals surface area (Å²) in [6.07, 6.45) is 1.79. The number of carbonyl (C=O) groups is 1.